The van der Waals surface area contributed by atoms with Gasteiger partial charge < -0.3 is 10.6 Å². The molecule has 0 spiro atoms. The third kappa shape index (κ3) is 4.97. The molecule has 0 saturated carbocycles. The van der Waals surface area contributed by atoms with E-state index in [9.17, 15) is 4.79 Å². The Kier molecular flexibility index (Phi) is 5.64. The Morgan fingerprint density at radius 1 is 1.33 bits per heavy atom. The van der Waals surface area contributed by atoms with Crippen LogP contribution in [0.15, 0.2) is 0 Å². The van der Waals surface area contributed by atoms with Gasteiger partial charge in [-0.15, -0.1) is 0 Å². The number of rotatable bonds is 5. The Hall–Kier alpha value is -0.570. The highest BCUT2D eigenvalue weighted by Gasteiger charge is 2.28. The number of nitrogens with zero attached hydrogens (tertiary/aromatic N) is 1. The normalized spacial score (nSPS) is 18.4. The summed E-state index contributed by atoms with van der Waals surface area (Å²) in [6.45, 7) is 11.4. The number of nitrogens with two attached hydrogens (primary N) is 1. The largest absolute Gasteiger partial charge is 0.343 e. The second-order valence-corrected chi connectivity index (χ2v) is 7.00. The first-order chi connectivity index (χ1) is 8.34. The Morgan fingerprint density at radius 3 is 2.33 bits per heavy atom. The van der Waals surface area contributed by atoms with Crippen LogP contribution in [0.25, 0.3) is 0 Å². The molecule has 0 bridgehead atoms. The lowest BCUT2D eigenvalue weighted by atomic mass is 9.80. The monoisotopic (exact) mass is 254 g/mol. The summed E-state index contributed by atoms with van der Waals surface area (Å²) < 4.78 is 0. The molecule has 0 atom stereocenters. The zero-order chi connectivity index (χ0) is 13.8. The first-order valence-corrected chi connectivity index (χ1v) is 7.32. The molecular weight excluding hydrogens is 224 g/mol. The van der Waals surface area contributed by atoms with Gasteiger partial charge in [-0.3, -0.25) is 4.79 Å². The third-order valence-corrected chi connectivity index (χ3v) is 3.89. The van der Waals surface area contributed by atoms with Crippen molar-refractivity contribution in [2.75, 3.05) is 19.6 Å². The maximum Gasteiger partial charge on any atom is 0.223 e. The molecule has 0 aromatic heterocycles. The molecule has 2 N–H and O–H groups in total. The van der Waals surface area contributed by atoms with Gasteiger partial charge in [0.05, 0.1) is 0 Å². The molecular formula is C15H30N2O. The fourth-order valence-electron chi connectivity index (χ4n) is 3.12. The lowest BCUT2D eigenvalue weighted by Gasteiger charge is -2.34. The smallest absolute Gasteiger partial charge is 0.223 e. The summed E-state index contributed by atoms with van der Waals surface area (Å²) in [5, 5.41) is 0. The van der Waals surface area contributed by atoms with Crippen LogP contribution in [-0.4, -0.2) is 30.4 Å². The van der Waals surface area contributed by atoms with Crippen LogP contribution in [0, 0.1) is 17.3 Å². The van der Waals surface area contributed by atoms with Gasteiger partial charge in [0.2, 0.25) is 5.91 Å². The molecule has 1 rings (SSSR count). The van der Waals surface area contributed by atoms with Crippen LogP contribution < -0.4 is 5.73 Å². The molecule has 0 aromatic carbocycles. The summed E-state index contributed by atoms with van der Waals surface area (Å²) >= 11 is 0. The molecule has 1 amide bonds. The summed E-state index contributed by atoms with van der Waals surface area (Å²) in [4.78, 5) is 14.3. The van der Waals surface area contributed by atoms with Crippen LogP contribution in [0.3, 0.4) is 0 Å². The number of carbonyl (C=O) groups excluding carboxylic acids is 1. The molecule has 3 nitrogen and oxygen atoms in total. The molecule has 1 aliphatic heterocycles. The van der Waals surface area contributed by atoms with Crippen LogP contribution >= 0.6 is 0 Å². The van der Waals surface area contributed by atoms with Crippen molar-refractivity contribution in [3.63, 3.8) is 0 Å². The predicted molar refractivity (Wildman–Crippen MR) is 76.2 cm³/mol. The molecule has 0 unspecified atom stereocenters. The van der Waals surface area contributed by atoms with Gasteiger partial charge in [0.1, 0.15) is 0 Å². The number of likely N-dealkylation sites (tertiary alicyclic amines) is 1. The Bertz CT molecular complexity index is 266. The Labute approximate surface area is 112 Å². The molecule has 1 saturated heterocycles. The summed E-state index contributed by atoms with van der Waals surface area (Å²) in [5.74, 6) is 1.60. The van der Waals surface area contributed by atoms with E-state index in [0.717, 1.165) is 38.9 Å². The Morgan fingerprint density at radius 2 is 1.89 bits per heavy atom. The van der Waals surface area contributed by atoms with Crippen molar-refractivity contribution in [2.45, 2.75) is 53.4 Å². The number of hydrogen-bond donors (Lipinski definition) is 1. The maximum absolute atomic E-state index is 12.3. The highest BCUT2D eigenvalue weighted by Crippen LogP contribution is 2.30. The molecule has 0 aliphatic carbocycles. The first-order valence-electron chi connectivity index (χ1n) is 7.32. The van der Waals surface area contributed by atoms with E-state index in [2.05, 4.69) is 27.7 Å². The van der Waals surface area contributed by atoms with Crippen molar-refractivity contribution in [1.29, 1.82) is 0 Å². The molecule has 0 aromatic rings. The highest BCUT2D eigenvalue weighted by molar-refractivity contribution is 5.76. The molecule has 0 radical (unpaired) electrons. The number of amides is 1. The van der Waals surface area contributed by atoms with Crippen molar-refractivity contribution >= 4 is 5.91 Å². The van der Waals surface area contributed by atoms with Crippen molar-refractivity contribution in [3.05, 3.63) is 0 Å². The van der Waals surface area contributed by atoms with Crippen molar-refractivity contribution in [3.8, 4) is 0 Å². The second kappa shape index (κ2) is 6.55. The van der Waals surface area contributed by atoms with Crippen molar-refractivity contribution in [2.24, 2.45) is 23.0 Å². The highest BCUT2D eigenvalue weighted by atomic mass is 16.2. The standard InChI is InChI=1S/C15H30N2O/c1-12(2)9-15(3,4)10-14(18)17-7-5-13(11-16)6-8-17/h12-13H,5-11,16H2,1-4H3. The summed E-state index contributed by atoms with van der Waals surface area (Å²) in [5.41, 5.74) is 5.80. The number of piperidine rings is 1. The van der Waals surface area contributed by atoms with E-state index in [1.54, 1.807) is 0 Å². The topological polar surface area (TPSA) is 46.3 Å². The summed E-state index contributed by atoms with van der Waals surface area (Å²) in [6, 6.07) is 0. The SMILES string of the molecule is CC(C)CC(C)(C)CC(=O)N1CCC(CN)CC1. The van der Waals surface area contributed by atoms with Gasteiger partial charge >= 0.3 is 0 Å². The minimum Gasteiger partial charge on any atom is -0.343 e. The molecule has 1 fully saturated rings. The number of carbonyl (C=O) groups is 1. The summed E-state index contributed by atoms with van der Waals surface area (Å²) in [7, 11) is 0. The van der Waals surface area contributed by atoms with E-state index in [4.69, 9.17) is 5.73 Å². The van der Waals surface area contributed by atoms with Gasteiger partial charge in [-0.25, -0.2) is 0 Å². The van der Waals surface area contributed by atoms with Gasteiger partial charge in [0.25, 0.3) is 0 Å². The van der Waals surface area contributed by atoms with Gasteiger partial charge in [-0.2, -0.15) is 0 Å². The zero-order valence-corrected chi connectivity index (χ0v) is 12.5. The lowest BCUT2D eigenvalue weighted by Crippen LogP contribution is -2.41. The van der Waals surface area contributed by atoms with Crippen LogP contribution in [0.4, 0.5) is 0 Å². The van der Waals surface area contributed by atoms with Crippen molar-refractivity contribution in [1.82, 2.24) is 4.90 Å². The van der Waals surface area contributed by atoms with Gasteiger partial charge in [0, 0.05) is 19.5 Å². The van der Waals surface area contributed by atoms with Crippen molar-refractivity contribution < 1.29 is 4.79 Å². The summed E-state index contributed by atoms with van der Waals surface area (Å²) in [6.07, 6.45) is 3.94. The molecule has 1 heterocycles. The predicted octanol–water partition coefficient (Wildman–Crippen LogP) is 2.65. The second-order valence-electron chi connectivity index (χ2n) is 7.00. The minimum atomic E-state index is 0.121. The fraction of sp³-hybridized carbons (Fsp3) is 0.933. The average molecular weight is 254 g/mol. The molecule has 3 heteroatoms. The van der Waals surface area contributed by atoms with Crippen LogP contribution in [-0.2, 0) is 4.79 Å². The third-order valence-electron chi connectivity index (χ3n) is 3.89. The van der Waals surface area contributed by atoms with Crippen LogP contribution in [0.1, 0.15) is 53.4 Å². The van der Waals surface area contributed by atoms with Crippen LogP contribution in [0.5, 0.6) is 0 Å². The van der Waals surface area contributed by atoms with E-state index >= 15 is 0 Å². The maximum atomic E-state index is 12.3. The molecule has 18 heavy (non-hydrogen) atoms. The first kappa shape index (κ1) is 15.5. The van der Waals surface area contributed by atoms with Crippen LogP contribution in [0.2, 0.25) is 0 Å². The molecule has 106 valence electrons. The minimum absolute atomic E-state index is 0.121. The van der Waals surface area contributed by atoms with E-state index in [1.165, 1.54) is 0 Å². The Balaban J connectivity index is 2.41. The van der Waals surface area contributed by atoms with E-state index < -0.39 is 0 Å². The van der Waals surface area contributed by atoms with Gasteiger partial charge in [-0.05, 0) is 43.1 Å². The van der Waals surface area contributed by atoms with Gasteiger partial charge in [0.15, 0.2) is 0 Å². The quantitative estimate of drug-likeness (QED) is 0.820. The number of hydrogen-bond acceptors (Lipinski definition) is 2. The van der Waals surface area contributed by atoms with E-state index in [1.807, 2.05) is 4.90 Å². The fourth-order valence-corrected chi connectivity index (χ4v) is 3.12. The molecule has 1 aliphatic rings. The lowest BCUT2D eigenvalue weighted by molar-refractivity contribution is -0.134. The van der Waals surface area contributed by atoms with Gasteiger partial charge in [-0.1, -0.05) is 27.7 Å². The van der Waals surface area contributed by atoms with E-state index in [-0.39, 0.29) is 5.41 Å². The zero-order valence-electron chi connectivity index (χ0n) is 12.5. The average Bonchev–Trinajstić information content (AvgIpc) is 2.26. The van der Waals surface area contributed by atoms with E-state index in [0.29, 0.717) is 24.2 Å².